The molecule has 3 aromatic carbocycles. The number of furan rings is 1. The highest BCUT2D eigenvalue weighted by Gasteiger charge is 2.19. The monoisotopic (exact) mass is 616 g/mol. The number of benzene rings is 3. The van der Waals surface area contributed by atoms with Gasteiger partial charge in [-0.1, -0.05) is 34.1 Å². The zero-order chi connectivity index (χ0) is 28.3. The van der Waals surface area contributed by atoms with Crippen LogP contribution in [0, 0.1) is 0 Å². The lowest BCUT2D eigenvalue weighted by molar-refractivity contribution is -0.137. The van der Waals surface area contributed by atoms with E-state index < -0.39 is 0 Å². The van der Waals surface area contributed by atoms with E-state index in [1.54, 1.807) is 48.4 Å². The summed E-state index contributed by atoms with van der Waals surface area (Å²) in [6, 6.07) is 19.7. The van der Waals surface area contributed by atoms with Crippen LogP contribution in [0.1, 0.15) is 5.56 Å². The average Bonchev–Trinajstić information content (AvgIpc) is 3.45. The number of nitrogens with zero attached hydrogens (tertiary/aromatic N) is 4. The van der Waals surface area contributed by atoms with Gasteiger partial charge in [-0.25, -0.2) is 4.98 Å². The van der Waals surface area contributed by atoms with E-state index in [0.29, 0.717) is 65.6 Å². The molecule has 41 heavy (non-hydrogen) atoms. The maximum Gasteiger partial charge on any atom is 0.282 e. The average molecular weight is 617 g/mol. The topological polar surface area (TPSA) is 108 Å². The van der Waals surface area contributed by atoms with E-state index in [4.69, 9.17) is 23.6 Å². The molecule has 5 aromatic rings. The summed E-state index contributed by atoms with van der Waals surface area (Å²) in [5.41, 5.74) is 1.30. The Labute approximate surface area is 242 Å². The van der Waals surface area contributed by atoms with Crippen molar-refractivity contribution >= 4 is 49.9 Å². The van der Waals surface area contributed by atoms with E-state index in [1.165, 1.54) is 10.9 Å². The smallest absolute Gasteiger partial charge is 0.282 e. The van der Waals surface area contributed by atoms with Crippen molar-refractivity contribution in [1.29, 1.82) is 0 Å². The third-order valence-corrected chi connectivity index (χ3v) is 7.21. The minimum atomic E-state index is -0.366. The molecule has 1 aliphatic rings. The molecule has 1 fully saturated rings. The molecule has 11 heteroatoms. The normalized spacial score (nSPS) is 13.8. The molecule has 6 rings (SSSR count). The second-order valence-electron chi connectivity index (χ2n) is 9.26. The van der Waals surface area contributed by atoms with Crippen LogP contribution in [0.15, 0.2) is 85.5 Å². The lowest BCUT2D eigenvalue weighted by atomic mass is 10.2. The Morgan fingerprint density at radius 3 is 2.71 bits per heavy atom. The fourth-order valence-electron chi connectivity index (χ4n) is 4.63. The van der Waals surface area contributed by atoms with E-state index in [-0.39, 0.29) is 23.9 Å². The van der Waals surface area contributed by atoms with Crippen LogP contribution in [0.5, 0.6) is 11.5 Å². The van der Waals surface area contributed by atoms with Gasteiger partial charge in [0.2, 0.25) is 5.82 Å². The molecular formula is C30H25BrN4O6. The van der Waals surface area contributed by atoms with Crippen molar-refractivity contribution in [3.05, 3.63) is 87.1 Å². The van der Waals surface area contributed by atoms with Crippen LogP contribution in [0.2, 0.25) is 0 Å². The molecule has 0 unspecified atom stereocenters. The first kappa shape index (κ1) is 26.7. The van der Waals surface area contributed by atoms with Crippen molar-refractivity contribution in [3.8, 4) is 23.1 Å². The van der Waals surface area contributed by atoms with Gasteiger partial charge in [-0.3, -0.25) is 9.59 Å². The molecule has 0 spiro atoms. The number of ether oxygens (including phenoxy) is 3. The van der Waals surface area contributed by atoms with Gasteiger partial charge in [0.05, 0.1) is 42.8 Å². The highest BCUT2D eigenvalue weighted by atomic mass is 79.9. The third kappa shape index (κ3) is 5.46. The molecule has 1 amide bonds. The lowest BCUT2D eigenvalue weighted by Crippen LogP contribution is -2.43. The van der Waals surface area contributed by atoms with Crippen molar-refractivity contribution in [1.82, 2.24) is 14.6 Å². The molecule has 1 saturated heterocycles. The number of aromatic nitrogens is 2. The van der Waals surface area contributed by atoms with Crippen molar-refractivity contribution in [3.63, 3.8) is 0 Å². The molecule has 10 nitrogen and oxygen atoms in total. The summed E-state index contributed by atoms with van der Waals surface area (Å²) in [7, 11) is 1.59. The second-order valence-corrected chi connectivity index (χ2v) is 10.2. The Balaban J connectivity index is 1.40. The molecule has 2 aromatic heterocycles. The molecule has 0 radical (unpaired) electrons. The van der Waals surface area contributed by atoms with Crippen LogP contribution < -0.4 is 15.0 Å². The quantitative estimate of drug-likeness (QED) is 0.244. The number of halogens is 1. The molecule has 208 valence electrons. The van der Waals surface area contributed by atoms with Crippen molar-refractivity contribution in [2.24, 2.45) is 5.10 Å². The standard InChI is InChI=1S/C30H25BrN4O6/c1-38-25-7-4-8-26-22(25)16-27(41-26)29-33-23-6-3-2-5-21(23)30(37)35(29)32-17-19-15-20(31)9-10-24(19)40-18-28(36)34-11-13-39-14-12-34/h2-10,15-17H,11-14,18H2,1H3. The molecule has 0 saturated carbocycles. The summed E-state index contributed by atoms with van der Waals surface area (Å²) >= 11 is 3.48. The van der Waals surface area contributed by atoms with Gasteiger partial charge in [-0.05, 0) is 48.5 Å². The summed E-state index contributed by atoms with van der Waals surface area (Å²) in [4.78, 5) is 32.8. The molecule has 3 heterocycles. The summed E-state index contributed by atoms with van der Waals surface area (Å²) in [5, 5.41) is 5.70. The number of hydrogen-bond acceptors (Lipinski definition) is 8. The molecule has 0 aliphatic carbocycles. The SMILES string of the molecule is COc1cccc2oc(-c3nc4ccccc4c(=O)n3N=Cc3cc(Br)ccc3OCC(=O)N3CCOCC3)cc12. The highest BCUT2D eigenvalue weighted by molar-refractivity contribution is 9.10. The maximum atomic E-state index is 13.7. The molecule has 1 aliphatic heterocycles. The Bertz CT molecular complexity index is 1840. The van der Waals surface area contributed by atoms with Crippen molar-refractivity contribution in [2.75, 3.05) is 40.0 Å². The van der Waals surface area contributed by atoms with Gasteiger partial charge < -0.3 is 23.5 Å². The first-order valence-electron chi connectivity index (χ1n) is 12.9. The van der Waals surface area contributed by atoms with Gasteiger partial charge >= 0.3 is 0 Å². The van der Waals surface area contributed by atoms with Gasteiger partial charge in [-0.15, -0.1) is 0 Å². The Hall–Kier alpha value is -4.48. The van der Waals surface area contributed by atoms with Crippen molar-refractivity contribution in [2.45, 2.75) is 0 Å². The molecular weight excluding hydrogens is 592 g/mol. The van der Waals surface area contributed by atoms with Crippen LogP contribution in [0.3, 0.4) is 0 Å². The predicted molar refractivity (Wildman–Crippen MR) is 158 cm³/mol. The maximum absolute atomic E-state index is 13.7. The Morgan fingerprint density at radius 1 is 1.05 bits per heavy atom. The van der Waals surface area contributed by atoms with E-state index >= 15 is 0 Å². The minimum Gasteiger partial charge on any atom is -0.496 e. The van der Waals surface area contributed by atoms with Crippen LogP contribution in [0.25, 0.3) is 33.5 Å². The number of fused-ring (bicyclic) bond motifs is 2. The number of rotatable bonds is 7. The minimum absolute atomic E-state index is 0.128. The predicted octanol–water partition coefficient (Wildman–Crippen LogP) is 4.70. The molecule has 0 N–H and O–H groups in total. The third-order valence-electron chi connectivity index (χ3n) is 6.71. The number of carbonyl (C=O) groups excluding carboxylic acids is 1. The van der Waals surface area contributed by atoms with Crippen LogP contribution in [0.4, 0.5) is 0 Å². The largest absolute Gasteiger partial charge is 0.496 e. The summed E-state index contributed by atoms with van der Waals surface area (Å²) in [5.74, 6) is 1.53. The van der Waals surface area contributed by atoms with Gasteiger partial charge in [0.25, 0.3) is 11.5 Å². The number of para-hydroxylation sites is 1. The first-order valence-corrected chi connectivity index (χ1v) is 13.7. The molecule has 0 bridgehead atoms. The van der Waals surface area contributed by atoms with Crippen molar-refractivity contribution < 1.29 is 23.4 Å². The van der Waals surface area contributed by atoms with Crippen LogP contribution in [-0.4, -0.2) is 66.7 Å². The fraction of sp³-hybridized carbons (Fsp3) is 0.200. The summed E-state index contributed by atoms with van der Waals surface area (Å²) in [6.07, 6.45) is 1.50. The van der Waals surface area contributed by atoms with Gasteiger partial charge in [0.15, 0.2) is 12.4 Å². The Morgan fingerprint density at radius 2 is 1.88 bits per heavy atom. The highest BCUT2D eigenvalue weighted by Crippen LogP contribution is 2.33. The van der Waals surface area contributed by atoms with E-state index in [1.807, 2.05) is 30.3 Å². The van der Waals surface area contributed by atoms with E-state index in [9.17, 15) is 9.59 Å². The van der Waals surface area contributed by atoms with Crippen LogP contribution in [-0.2, 0) is 9.53 Å². The van der Waals surface area contributed by atoms with E-state index in [2.05, 4.69) is 21.0 Å². The lowest BCUT2D eigenvalue weighted by Gasteiger charge is -2.26. The zero-order valence-electron chi connectivity index (χ0n) is 22.1. The number of hydrogen-bond donors (Lipinski definition) is 0. The van der Waals surface area contributed by atoms with E-state index in [0.717, 1.165) is 9.86 Å². The number of morpholine rings is 1. The summed E-state index contributed by atoms with van der Waals surface area (Å²) in [6.45, 7) is 1.95. The molecule has 0 atom stereocenters. The number of carbonyl (C=O) groups is 1. The fourth-order valence-corrected chi connectivity index (χ4v) is 5.01. The Kier molecular flexibility index (Phi) is 7.53. The number of methoxy groups -OCH3 is 1. The van der Waals surface area contributed by atoms with Gasteiger partial charge in [0.1, 0.15) is 17.1 Å². The van der Waals surface area contributed by atoms with Gasteiger partial charge in [0, 0.05) is 23.1 Å². The summed E-state index contributed by atoms with van der Waals surface area (Å²) < 4.78 is 24.8. The van der Waals surface area contributed by atoms with Crippen LogP contribution >= 0.6 is 15.9 Å². The first-order chi connectivity index (χ1) is 20.0. The second kappa shape index (κ2) is 11.6. The number of amides is 1. The van der Waals surface area contributed by atoms with Gasteiger partial charge in [-0.2, -0.15) is 9.78 Å². The zero-order valence-corrected chi connectivity index (χ0v) is 23.7.